The fourth-order valence-corrected chi connectivity index (χ4v) is 0.795. The highest BCUT2D eigenvalue weighted by Gasteiger charge is 2.22. The normalized spacial score (nSPS) is 13.6. The Morgan fingerprint density at radius 1 is 1.31 bits per heavy atom. The van der Waals surface area contributed by atoms with Gasteiger partial charge in [0.15, 0.2) is 11.6 Å². The fraction of sp³-hybridized carbons (Fsp3) is 0.100. The Morgan fingerprint density at radius 3 is 2.25 bits per heavy atom. The Kier molecular flexibility index (Phi) is 2.26. The first-order valence-corrected chi connectivity index (χ1v) is 3.80. The minimum absolute atomic E-state index is 0.0828. The SMILES string of the molecule is [2H]C([2H])([2H])C(=C)C(=O)Oc1c(F)c(F)cc(F)c1F. The molecular formula is C10H6F4O2. The summed E-state index contributed by atoms with van der Waals surface area (Å²) in [6, 6.07) is -0.0828. The lowest BCUT2D eigenvalue weighted by Crippen LogP contribution is -2.12. The van der Waals surface area contributed by atoms with E-state index in [1.807, 2.05) is 0 Å². The molecule has 1 aromatic carbocycles. The Balaban J connectivity index is 3.14. The first-order valence-electron chi connectivity index (χ1n) is 5.30. The molecule has 0 N–H and O–H groups in total. The molecule has 0 fully saturated rings. The van der Waals surface area contributed by atoms with E-state index in [1.54, 1.807) is 0 Å². The van der Waals surface area contributed by atoms with Crippen LogP contribution in [0, 0.1) is 23.3 Å². The summed E-state index contributed by atoms with van der Waals surface area (Å²) >= 11 is 0. The number of halogens is 4. The molecule has 2 nitrogen and oxygen atoms in total. The number of benzene rings is 1. The lowest BCUT2D eigenvalue weighted by atomic mass is 10.3. The van der Waals surface area contributed by atoms with Crippen molar-refractivity contribution in [3.63, 3.8) is 0 Å². The summed E-state index contributed by atoms with van der Waals surface area (Å²) in [7, 11) is 0. The average Bonchev–Trinajstić information content (AvgIpc) is 2.29. The largest absolute Gasteiger partial charge is 0.417 e. The monoisotopic (exact) mass is 237 g/mol. The van der Waals surface area contributed by atoms with Gasteiger partial charge in [-0.3, -0.25) is 0 Å². The molecular weight excluding hydrogens is 228 g/mol. The zero-order valence-corrected chi connectivity index (χ0v) is 7.61. The van der Waals surface area contributed by atoms with Crippen molar-refractivity contribution in [3.8, 4) is 5.75 Å². The van der Waals surface area contributed by atoms with E-state index >= 15 is 0 Å². The molecule has 0 unspecified atom stereocenters. The zero-order valence-electron chi connectivity index (χ0n) is 10.6. The van der Waals surface area contributed by atoms with E-state index in [9.17, 15) is 22.4 Å². The average molecular weight is 237 g/mol. The Labute approximate surface area is 92.4 Å². The third-order valence-corrected chi connectivity index (χ3v) is 1.51. The molecule has 0 aliphatic heterocycles. The van der Waals surface area contributed by atoms with E-state index in [4.69, 9.17) is 4.11 Å². The molecule has 0 saturated heterocycles. The summed E-state index contributed by atoms with van der Waals surface area (Å²) in [5.41, 5.74) is -1.09. The Morgan fingerprint density at radius 2 is 1.81 bits per heavy atom. The third kappa shape index (κ3) is 2.21. The van der Waals surface area contributed by atoms with Crippen LogP contribution in [0.15, 0.2) is 18.2 Å². The van der Waals surface area contributed by atoms with Gasteiger partial charge in [0.25, 0.3) is 0 Å². The van der Waals surface area contributed by atoms with Crippen LogP contribution in [-0.4, -0.2) is 5.97 Å². The molecule has 1 aromatic rings. The van der Waals surface area contributed by atoms with Crippen molar-refractivity contribution in [1.82, 2.24) is 0 Å². The number of esters is 1. The van der Waals surface area contributed by atoms with Gasteiger partial charge in [-0.15, -0.1) is 0 Å². The van der Waals surface area contributed by atoms with E-state index in [1.165, 1.54) is 0 Å². The maximum atomic E-state index is 13.1. The van der Waals surface area contributed by atoms with Crippen LogP contribution in [0.5, 0.6) is 5.75 Å². The van der Waals surface area contributed by atoms with Gasteiger partial charge in [0.05, 0.1) is 0 Å². The van der Waals surface area contributed by atoms with Crippen LogP contribution in [0.4, 0.5) is 17.6 Å². The van der Waals surface area contributed by atoms with Crippen molar-refractivity contribution < 1.29 is 31.2 Å². The molecule has 0 saturated carbocycles. The van der Waals surface area contributed by atoms with Gasteiger partial charge in [-0.25, -0.2) is 13.6 Å². The summed E-state index contributed by atoms with van der Waals surface area (Å²) in [4.78, 5) is 11.2. The van der Waals surface area contributed by atoms with Crippen LogP contribution in [0.1, 0.15) is 11.0 Å². The molecule has 0 heterocycles. The molecule has 86 valence electrons. The summed E-state index contributed by atoms with van der Waals surface area (Å²) in [5.74, 6) is -10.9. The van der Waals surface area contributed by atoms with Crippen LogP contribution < -0.4 is 4.74 Å². The van der Waals surface area contributed by atoms with Crippen molar-refractivity contribution in [2.75, 3.05) is 0 Å². The topological polar surface area (TPSA) is 26.3 Å². The van der Waals surface area contributed by atoms with E-state index < -0.39 is 47.4 Å². The number of carbonyl (C=O) groups excluding carboxylic acids is 1. The molecule has 0 atom stereocenters. The molecule has 0 amide bonds. The lowest BCUT2D eigenvalue weighted by molar-refractivity contribution is -0.130. The maximum absolute atomic E-state index is 13.1. The van der Waals surface area contributed by atoms with Gasteiger partial charge >= 0.3 is 5.97 Å². The highest BCUT2D eigenvalue weighted by Crippen LogP contribution is 2.26. The van der Waals surface area contributed by atoms with Crippen LogP contribution in [-0.2, 0) is 4.79 Å². The maximum Gasteiger partial charge on any atom is 0.338 e. The Hall–Kier alpha value is -1.85. The predicted molar refractivity (Wildman–Crippen MR) is 46.7 cm³/mol. The highest BCUT2D eigenvalue weighted by atomic mass is 19.2. The van der Waals surface area contributed by atoms with Crippen molar-refractivity contribution in [3.05, 3.63) is 41.5 Å². The molecule has 0 aliphatic carbocycles. The molecule has 1 rings (SSSR count). The number of rotatable bonds is 2. The molecule has 0 spiro atoms. The van der Waals surface area contributed by atoms with Crippen molar-refractivity contribution >= 4 is 5.97 Å². The van der Waals surface area contributed by atoms with Crippen molar-refractivity contribution in [2.45, 2.75) is 6.85 Å². The van der Waals surface area contributed by atoms with Crippen LogP contribution in [0.2, 0.25) is 0 Å². The van der Waals surface area contributed by atoms with Gasteiger partial charge in [0.1, 0.15) is 0 Å². The molecule has 0 aliphatic rings. The van der Waals surface area contributed by atoms with Gasteiger partial charge in [0.2, 0.25) is 17.4 Å². The Bertz CT molecular complexity index is 528. The highest BCUT2D eigenvalue weighted by molar-refractivity contribution is 5.88. The standard InChI is InChI=1S/C10H6F4O2/c1-4(2)10(15)16-9-7(13)5(11)3-6(12)8(9)14/h3H,1H2,2H3/i2D3. The van der Waals surface area contributed by atoms with Crippen molar-refractivity contribution in [2.24, 2.45) is 0 Å². The van der Waals surface area contributed by atoms with E-state index in [0.717, 1.165) is 0 Å². The summed E-state index contributed by atoms with van der Waals surface area (Å²) in [6.45, 7) is -0.106. The number of hydrogen-bond acceptors (Lipinski definition) is 2. The molecule has 6 heteroatoms. The van der Waals surface area contributed by atoms with Gasteiger partial charge in [-0.2, -0.15) is 8.78 Å². The first-order chi connectivity index (χ1) is 8.55. The second-order valence-corrected chi connectivity index (χ2v) is 2.67. The third-order valence-electron chi connectivity index (χ3n) is 1.51. The van der Waals surface area contributed by atoms with E-state index in [-0.39, 0.29) is 6.07 Å². The fourth-order valence-electron chi connectivity index (χ4n) is 0.795. The van der Waals surface area contributed by atoms with Gasteiger partial charge in [-0.1, -0.05) is 6.58 Å². The zero-order chi connectivity index (χ0) is 15.0. The minimum Gasteiger partial charge on any atom is -0.417 e. The van der Waals surface area contributed by atoms with Crippen LogP contribution in [0.25, 0.3) is 0 Å². The minimum atomic E-state index is -2.96. The van der Waals surface area contributed by atoms with Gasteiger partial charge in [-0.05, 0) is 6.85 Å². The second-order valence-electron chi connectivity index (χ2n) is 2.67. The van der Waals surface area contributed by atoms with Crippen LogP contribution in [0.3, 0.4) is 0 Å². The smallest absolute Gasteiger partial charge is 0.338 e. The summed E-state index contributed by atoms with van der Waals surface area (Å²) < 4.78 is 76.3. The lowest BCUT2D eigenvalue weighted by Gasteiger charge is -2.07. The number of hydrogen-bond donors (Lipinski definition) is 0. The molecule has 0 radical (unpaired) electrons. The van der Waals surface area contributed by atoms with Gasteiger partial charge < -0.3 is 4.74 Å². The van der Waals surface area contributed by atoms with Crippen molar-refractivity contribution in [1.29, 1.82) is 0 Å². The first kappa shape index (κ1) is 8.32. The second kappa shape index (κ2) is 4.34. The summed E-state index contributed by atoms with van der Waals surface area (Å²) in [6.07, 6.45) is 0. The van der Waals surface area contributed by atoms with Gasteiger partial charge in [0, 0.05) is 15.8 Å². The van der Waals surface area contributed by atoms with E-state index in [0.29, 0.717) is 0 Å². The quantitative estimate of drug-likeness (QED) is 0.260. The number of ether oxygens (including phenoxy) is 1. The molecule has 0 bridgehead atoms. The van der Waals surface area contributed by atoms with Crippen LogP contribution >= 0.6 is 0 Å². The summed E-state index contributed by atoms with van der Waals surface area (Å²) in [5, 5.41) is 0. The van der Waals surface area contributed by atoms with E-state index in [2.05, 4.69) is 11.3 Å². The predicted octanol–water partition coefficient (Wildman–Crippen LogP) is 2.72. The molecule has 16 heavy (non-hydrogen) atoms. The molecule has 0 aromatic heterocycles. The number of carbonyl (C=O) groups is 1.